The van der Waals surface area contributed by atoms with E-state index in [1.165, 1.54) is 6.42 Å². The van der Waals surface area contributed by atoms with Crippen LogP contribution in [0.3, 0.4) is 0 Å². The molecule has 0 aliphatic carbocycles. The van der Waals surface area contributed by atoms with Crippen molar-refractivity contribution in [2.45, 2.75) is 33.3 Å². The molecule has 4 heteroatoms. The van der Waals surface area contributed by atoms with E-state index < -0.39 is 0 Å². The Hall–Kier alpha value is -0.610. The molecule has 3 unspecified atom stereocenters. The van der Waals surface area contributed by atoms with Crippen LogP contribution < -0.4 is 0 Å². The lowest BCUT2D eigenvalue weighted by Gasteiger charge is -2.36. The highest BCUT2D eigenvalue weighted by atomic mass is 16.3. The summed E-state index contributed by atoms with van der Waals surface area (Å²) in [5.74, 6) is 1.39. The van der Waals surface area contributed by atoms with Crippen LogP contribution in [0, 0.1) is 11.8 Å². The fourth-order valence-electron chi connectivity index (χ4n) is 2.71. The molecule has 0 bridgehead atoms. The zero-order valence-corrected chi connectivity index (χ0v) is 11.5. The maximum absolute atomic E-state index is 12.1. The molecule has 1 fully saturated rings. The van der Waals surface area contributed by atoms with Crippen molar-refractivity contribution >= 4 is 5.91 Å². The third-order valence-corrected chi connectivity index (χ3v) is 3.20. The van der Waals surface area contributed by atoms with E-state index in [1.54, 1.807) is 6.92 Å². The lowest BCUT2D eigenvalue weighted by atomic mass is 9.92. The molecule has 0 saturated carbocycles. The molecule has 1 aliphatic heterocycles. The van der Waals surface area contributed by atoms with Gasteiger partial charge in [0.15, 0.2) is 0 Å². The van der Waals surface area contributed by atoms with Crippen LogP contribution in [-0.4, -0.2) is 60.1 Å². The second-order valence-electron chi connectivity index (χ2n) is 5.79. The maximum Gasteiger partial charge on any atom is 0.236 e. The number of piperidine rings is 1. The van der Waals surface area contributed by atoms with Crippen molar-refractivity contribution in [3.8, 4) is 0 Å². The highest BCUT2D eigenvalue weighted by Crippen LogP contribution is 2.20. The summed E-state index contributed by atoms with van der Waals surface area (Å²) in [5, 5.41) is 9.26. The minimum absolute atomic E-state index is 0.187. The molecule has 1 rings (SSSR count). The van der Waals surface area contributed by atoms with E-state index in [1.807, 2.05) is 16.8 Å². The Morgan fingerprint density at radius 1 is 1.41 bits per heavy atom. The number of carbonyl (C=O) groups is 1. The largest absolute Gasteiger partial charge is 0.392 e. The summed E-state index contributed by atoms with van der Waals surface area (Å²) in [6, 6.07) is 0. The topological polar surface area (TPSA) is 43.8 Å². The van der Waals surface area contributed by atoms with E-state index >= 15 is 0 Å². The first kappa shape index (κ1) is 14.5. The number of nitrogens with zero attached hydrogens (tertiary/aromatic N) is 2. The Kier molecular flexibility index (Phi) is 5.40. The molecule has 100 valence electrons. The van der Waals surface area contributed by atoms with Crippen LogP contribution in [0.5, 0.6) is 0 Å². The van der Waals surface area contributed by atoms with Crippen LogP contribution in [0.4, 0.5) is 0 Å². The second-order valence-corrected chi connectivity index (χ2v) is 5.79. The third kappa shape index (κ3) is 5.04. The third-order valence-electron chi connectivity index (χ3n) is 3.20. The van der Waals surface area contributed by atoms with Gasteiger partial charge in [-0.2, -0.15) is 0 Å². The smallest absolute Gasteiger partial charge is 0.236 e. The molecule has 17 heavy (non-hydrogen) atoms. The van der Waals surface area contributed by atoms with E-state index in [4.69, 9.17) is 0 Å². The van der Waals surface area contributed by atoms with Gasteiger partial charge in [-0.3, -0.25) is 9.69 Å². The van der Waals surface area contributed by atoms with E-state index in [0.29, 0.717) is 24.9 Å². The Morgan fingerprint density at radius 2 is 1.94 bits per heavy atom. The molecular weight excluding hydrogens is 216 g/mol. The number of rotatable bonds is 4. The minimum Gasteiger partial charge on any atom is -0.392 e. The van der Waals surface area contributed by atoms with Crippen molar-refractivity contribution in [1.82, 2.24) is 9.80 Å². The van der Waals surface area contributed by atoms with E-state index in [9.17, 15) is 9.90 Å². The number of hydrogen-bond donors (Lipinski definition) is 1. The van der Waals surface area contributed by atoms with Crippen molar-refractivity contribution in [2.24, 2.45) is 11.8 Å². The minimum atomic E-state index is -0.382. The van der Waals surface area contributed by atoms with Crippen LogP contribution in [0.15, 0.2) is 0 Å². The molecule has 1 N–H and O–H groups in total. The van der Waals surface area contributed by atoms with Gasteiger partial charge in [-0.05, 0) is 32.2 Å². The first-order valence-corrected chi connectivity index (χ1v) is 6.52. The fourth-order valence-corrected chi connectivity index (χ4v) is 2.71. The number of amides is 1. The molecule has 0 spiro atoms. The molecular formula is C13H26N2O2. The van der Waals surface area contributed by atoms with E-state index in [-0.39, 0.29) is 12.0 Å². The lowest BCUT2D eigenvalue weighted by Crippen LogP contribution is -2.47. The Bertz CT molecular complexity index is 246. The lowest BCUT2D eigenvalue weighted by molar-refractivity contribution is -0.135. The highest BCUT2D eigenvalue weighted by molar-refractivity contribution is 5.78. The van der Waals surface area contributed by atoms with Gasteiger partial charge in [0.05, 0.1) is 12.6 Å². The molecule has 0 radical (unpaired) electrons. The van der Waals surface area contributed by atoms with Gasteiger partial charge in [-0.1, -0.05) is 13.8 Å². The molecule has 1 aliphatic rings. The van der Waals surface area contributed by atoms with E-state index in [2.05, 4.69) is 13.8 Å². The Labute approximate surface area is 105 Å². The Morgan fingerprint density at radius 3 is 2.41 bits per heavy atom. The van der Waals surface area contributed by atoms with Crippen LogP contribution in [0.1, 0.15) is 27.2 Å². The number of hydrogen-bond acceptors (Lipinski definition) is 3. The monoisotopic (exact) mass is 242 g/mol. The molecule has 1 heterocycles. The Balaban J connectivity index is 2.41. The maximum atomic E-state index is 12.1. The van der Waals surface area contributed by atoms with Crippen LogP contribution in [0.25, 0.3) is 0 Å². The van der Waals surface area contributed by atoms with Gasteiger partial charge in [0.1, 0.15) is 0 Å². The first-order valence-electron chi connectivity index (χ1n) is 6.52. The van der Waals surface area contributed by atoms with Crippen molar-refractivity contribution in [3.05, 3.63) is 0 Å². The standard InChI is InChI=1S/C13H26N2O2/c1-10-5-11(2)7-15(6-10)13(17)9-14(4)8-12(3)16/h10-12,16H,5-9H2,1-4H3. The predicted molar refractivity (Wildman–Crippen MR) is 68.7 cm³/mol. The molecule has 1 saturated heterocycles. The number of likely N-dealkylation sites (tertiary alicyclic amines) is 1. The second kappa shape index (κ2) is 6.36. The van der Waals surface area contributed by atoms with E-state index in [0.717, 1.165) is 13.1 Å². The highest BCUT2D eigenvalue weighted by Gasteiger charge is 2.25. The number of aliphatic hydroxyl groups excluding tert-OH is 1. The van der Waals surface area contributed by atoms with Gasteiger partial charge in [-0.15, -0.1) is 0 Å². The molecule has 4 nitrogen and oxygen atoms in total. The van der Waals surface area contributed by atoms with Crippen molar-refractivity contribution in [2.75, 3.05) is 33.2 Å². The number of likely N-dealkylation sites (N-methyl/N-ethyl adjacent to an activating group) is 1. The summed E-state index contributed by atoms with van der Waals surface area (Å²) in [6.45, 7) is 8.86. The number of aliphatic hydroxyl groups is 1. The summed E-state index contributed by atoms with van der Waals surface area (Å²) in [6.07, 6.45) is 0.833. The fraction of sp³-hybridized carbons (Fsp3) is 0.923. The first-order chi connectivity index (χ1) is 7.88. The normalized spacial score (nSPS) is 27.3. The SMILES string of the molecule is CC(O)CN(C)CC(=O)N1CC(C)CC(C)C1. The predicted octanol–water partition coefficient (Wildman–Crippen LogP) is 0.803. The van der Waals surface area contributed by atoms with Crippen molar-refractivity contribution < 1.29 is 9.90 Å². The molecule has 0 aromatic carbocycles. The van der Waals surface area contributed by atoms with Gasteiger partial charge in [0.25, 0.3) is 0 Å². The number of carbonyl (C=O) groups excluding carboxylic acids is 1. The average Bonchev–Trinajstić information content (AvgIpc) is 2.14. The average molecular weight is 242 g/mol. The molecule has 0 aromatic heterocycles. The van der Waals surface area contributed by atoms with Crippen LogP contribution >= 0.6 is 0 Å². The molecule has 3 atom stereocenters. The van der Waals surface area contributed by atoms with Gasteiger partial charge in [0.2, 0.25) is 5.91 Å². The quantitative estimate of drug-likeness (QED) is 0.793. The zero-order valence-electron chi connectivity index (χ0n) is 11.5. The van der Waals surface area contributed by atoms with Crippen molar-refractivity contribution in [1.29, 1.82) is 0 Å². The summed E-state index contributed by atoms with van der Waals surface area (Å²) < 4.78 is 0. The van der Waals surface area contributed by atoms with Gasteiger partial charge in [0, 0.05) is 19.6 Å². The van der Waals surface area contributed by atoms with Crippen LogP contribution in [-0.2, 0) is 4.79 Å². The van der Waals surface area contributed by atoms with Gasteiger partial charge < -0.3 is 10.0 Å². The summed E-state index contributed by atoms with van der Waals surface area (Å²) in [4.78, 5) is 15.9. The van der Waals surface area contributed by atoms with Crippen LogP contribution in [0.2, 0.25) is 0 Å². The van der Waals surface area contributed by atoms with Gasteiger partial charge >= 0.3 is 0 Å². The zero-order chi connectivity index (χ0) is 13.0. The summed E-state index contributed by atoms with van der Waals surface area (Å²) in [7, 11) is 1.88. The summed E-state index contributed by atoms with van der Waals surface area (Å²) >= 11 is 0. The van der Waals surface area contributed by atoms with Crippen molar-refractivity contribution in [3.63, 3.8) is 0 Å². The molecule has 1 amide bonds. The van der Waals surface area contributed by atoms with Gasteiger partial charge in [-0.25, -0.2) is 0 Å². The summed E-state index contributed by atoms with van der Waals surface area (Å²) in [5.41, 5.74) is 0. The molecule has 0 aromatic rings.